The molecule has 3 aromatic rings. The van der Waals surface area contributed by atoms with Crippen molar-refractivity contribution in [2.75, 3.05) is 31.6 Å². The lowest BCUT2D eigenvalue weighted by Crippen LogP contribution is -2.52. The van der Waals surface area contributed by atoms with Gasteiger partial charge in [-0.15, -0.1) is 0 Å². The molecular weight excluding hydrogens is 566 g/mol. The van der Waals surface area contributed by atoms with Gasteiger partial charge in [0.1, 0.15) is 24.1 Å². The number of methoxy groups -OCH3 is 2. The van der Waals surface area contributed by atoms with Crippen molar-refractivity contribution in [3.63, 3.8) is 0 Å². The van der Waals surface area contributed by atoms with Gasteiger partial charge in [0.15, 0.2) is 0 Å². The smallest absolute Gasteiger partial charge is 0.264 e. The minimum Gasteiger partial charge on any atom is -0.497 e. The number of ether oxygens (including phenoxy) is 2. The summed E-state index contributed by atoms with van der Waals surface area (Å²) in [6.07, 6.45) is 0.342. The van der Waals surface area contributed by atoms with Gasteiger partial charge in [-0.25, -0.2) is 8.42 Å². The van der Waals surface area contributed by atoms with Crippen molar-refractivity contribution < 1.29 is 27.5 Å². The van der Waals surface area contributed by atoms with Gasteiger partial charge in [0.25, 0.3) is 10.0 Å². The topological polar surface area (TPSA) is 105 Å². The minimum absolute atomic E-state index is 0.0164. The molecule has 2 amide bonds. The molecule has 3 rings (SSSR count). The number of carbonyl (C=O) groups excluding carboxylic acids is 2. The van der Waals surface area contributed by atoms with E-state index in [-0.39, 0.29) is 34.7 Å². The maximum atomic E-state index is 14.3. The Bertz CT molecular complexity index is 1510. The van der Waals surface area contributed by atoms with E-state index in [1.54, 1.807) is 24.3 Å². The fourth-order valence-corrected chi connectivity index (χ4v) is 6.11. The zero-order valence-corrected chi connectivity index (χ0v) is 26.9. The fourth-order valence-electron chi connectivity index (χ4n) is 4.69. The van der Waals surface area contributed by atoms with Gasteiger partial charge in [0.05, 0.1) is 24.8 Å². The first-order chi connectivity index (χ1) is 20.4. The van der Waals surface area contributed by atoms with Gasteiger partial charge in [0, 0.05) is 19.2 Å². The summed E-state index contributed by atoms with van der Waals surface area (Å²) in [4.78, 5) is 29.2. The van der Waals surface area contributed by atoms with E-state index in [0.717, 1.165) is 21.0 Å². The lowest BCUT2D eigenvalue weighted by Gasteiger charge is -2.33. The summed E-state index contributed by atoms with van der Waals surface area (Å²) in [5.41, 5.74) is 2.87. The number of rotatable bonds is 14. The molecule has 0 bridgehead atoms. The van der Waals surface area contributed by atoms with Gasteiger partial charge in [-0.2, -0.15) is 0 Å². The molecule has 10 heteroatoms. The van der Waals surface area contributed by atoms with Gasteiger partial charge in [-0.05, 0) is 56.0 Å². The lowest BCUT2D eigenvalue weighted by atomic mass is 10.1. The molecule has 0 spiro atoms. The SMILES string of the molecule is CCC(C(=O)NCC(C)C)N(Cc1cccc(C)c1)C(=O)CN(c1cc(OC)ccc1OC)S(=O)(=O)c1ccc(C)cc1. The van der Waals surface area contributed by atoms with Crippen LogP contribution in [-0.4, -0.2) is 58.5 Å². The van der Waals surface area contributed by atoms with Crippen molar-refractivity contribution in [1.82, 2.24) is 10.2 Å². The number of amides is 2. The maximum absolute atomic E-state index is 14.3. The van der Waals surface area contributed by atoms with Gasteiger partial charge in [-0.1, -0.05) is 68.3 Å². The molecule has 0 fully saturated rings. The molecule has 0 aromatic heterocycles. The third-order valence-corrected chi connectivity index (χ3v) is 8.82. The number of aryl methyl sites for hydroxylation is 2. The van der Waals surface area contributed by atoms with Crippen LogP contribution in [0.25, 0.3) is 0 Å². The first kappa shape index (κ1) is 33.5. The Kier molecular flexibility index (Phi) is 11.6. The Labute approximate surface area is 255 Å². The Hall–Kier alpha value is -4.05. The first-order valence-electron chi connectivity index (χ1n) is 14.3. The molecule has 0 aliphatic carbocycles. The van der Waals surface area contributed by atoms with E-state index < -0.39 is 28.5 Å². The average Bonchev–Trinajstić information content (AvgIpc) is 2.98. The molecule has 9 nitrogen and oxygen atoms in total. The molecule has 0 aliphatic rings. The van der Waals surface area contributed by atoms with E-state index in [2.05, 4.69) is 5.32 Å². The quantitative estimate of drug-likeness (QED) is 0.273. The summed E-state index contributed by atoms with van der Waals surface area (Å²) in [6, 6.07) is 18.0. The molecule has 1 N–H and O–H groups in total. The highest BCUT2D eigenvalue weighted by atomic mass is 32.2. The Balaban J connectivity index is 2.14. The molecule has 0 aliphatic heterocycles. The van der Waals surface area contributed by atoms with Crippen molar-refractivity contribution in [2.24, 2.45) is 5.92 Å². The predicted molar refractivity (Wildman–Crippen MR) is 169 cm³/mol. The molecule has 3 aromatic carbocycles. The second-order valence-electron chi connectivity index (χ2n) is 10.9. The molecule has 232 valence electrons. The van der Waals surface area contributed by atoms with Crippen molar-refractivity contribution in [2.45, 2.75) is 58.5 Å². The second kappa shape index (κ2) is 14.9. The normalized spacial score (nSPS) is 12.0. The van der Waals surface area contributed by atoms with Gasteiger partial charge in [0.2, 0.25) is 11.8 Å². The minimum atomic E-state index is -4.26. The lowest BCUT2D eigenvalue weighted by molar-refractivity contribution is -0.140. The number of sulfonamides is 1. The maximum Gasteiger partial charge on any atom is 0.264 e. The number of anilines is 1. The van der Waals surface area contributed by atoms with Crippen molar-refractivity contribution >= 4 is 27.5 Å². The number of hydrogen-bond acceptors (Lipinski definition) is 6. The van der Waals surface area contributed by atoms with Crippen molar-refractivity contribution in [3.05, 3.63) is 83.4 Å². The zero-order chi connectivity index (χ0) is 31.7. The van der Waals surface area contributed by atoms with E-state index >= 15 is 0 Å². The van der Waals surface area contributed by atoms with Crippen LogP contribution in [-0.2, 0) is 26.2 Å². The summed E-state index contributed by atoms with van der Waals surface area (Å²) in [5.74, 6) is 0.0375. The number of nitrogens with one attached hydrogen (secondary N) is 1. The monoisotopic (exact) mass is 609 g/mol. The van der Waals surface area contributed by atoms with E-state index in [0.29, 0.717) is 18.7 Å². The van der Waals surface area contributed by atoms with Crippen LogP contribution >= 0.6 is 0 Å². The average molecular weight is 610 g/mol. The Morgan fingerprint density at radius 3 is 2.19 bits per heavy atom. The molecule has 0 radical (unpaired) electrons. The molecule has 0 saturated carbocycles. The number of carbonyl (C=O) groups is 2. The van der Waals surface area contributed by atoms with Crippen LogP contribution in [0.2, 0.25) is 0 Å². The third kappa shape index (κ3) is 8.50. The van der Waals surface area contributed by atoms with Gasteiger partial charge < -0.3 is 19.7 Å². The van der Waals surface area contributed by atoms with E-state index in [1.807, 2.05) is 58.9 Å². The van der Waals surface area contributed by atoms with Crippen LogP contribution in [0.4, 0.5) is 5.69 Å². The first-order valence-corrected chi connectivity index (χ1v) is 15.8. The van der Waals surface area contributed by atoms with E-state index in [9.17, 15) is 18.0 Å². The molecular formula is C33H43N3O6S. The zero-order valence-electron chi connectivity index (χ0n) is 26.1. The molecule has 43 heavy (non-hydrogen) atoms. The van der Waals surface area contributed by atoms with Gasteiger partial charge in [-0.3, -0.25) is 13.9 Å². The van der Waals surface area contributed by atoms with Crippen LogP contribution in [0.3, 0.4) is 0 Å². The van der Waals surface area contributed by atoms with Crippen LogP contribution in [0.1, 0.15) is 43.9 Å². The highest BCUT2D eigenvalue weighted by Crippen LogP contribution is 2.36. The van der Waals surface area contributed by atoms with Crippen LogP contribution in [0, 0.1) is 19.8 Å². The third-order valence-electron chi connectivity index (χ3n) is 7.05. The molecule has 1 atom stereocenters. The number of nitrogens with zero attached hydrogens (tertiary/aromatic N) is 2. The van der Waals surface area contributed by atoms with Crippen molar-refractivity contribution in [1.29, 1.82) is 0 Å². The summed E-state index contributed by atoms with van der Waals surface area (Å²) in [7, 11) is -1.36. The molecule has 0 heterocycles. The number of benzene rings is 3. The largest absolute Gasteiger partial charge is 0.497 e. The van der Waals surface area contributed by atoms with Crippen LogP contribution < -0.4 is 19.1 Å². The van der Waals surface area contributed by atoms with Crippen LogP contribution in [0.5, 0.6) is 11.5 Å². The summed E-state index contributed by atoms with van der Waals surface area (Å²) < 4.78 is 40.4. The van der Waals surface area contributed by atoms with E-state index in [4.69, 9.17) is 9.47 Å². The summed E-state index contributed by atoms with van der Waals surface area (Å²) >= 11 is 0. The second-order valence-corrected chi connectivity index (χ2v) is 12.8. The highest BCUT2D eigenvalue weighted by molar-refractivity contribution is 7.92. The highest BCUT2D eigenvalue weighted by Gasteiger charge is 2.35. The Morgan fingerprint density at radius 2 is 1.60 bits per heavy atom. The Morgan fingerprint density at radius 1 is 0.907 bits per heavy atom. The number of hydrogen-bond donors (Lipinski definition) is 1. The van der Waals surface area contributed by atoms with Gasteiger partial charge >= 0.3 is 0 Å². The summed E-state index contributed by atoms with van der Waals surface area (Å²) in [6.45, 7) is 9.65. The molecule has 1 unspecified atom stereocenters. The molecule has 0 saturated heterocycles. The fraction of sp³-hybridized carbons (Fsp3) is 0.394. The predicted octanol–water partition coefficient (Wildman–Crippen LogP) is 5.10. The summed E-state index contributed by atoms with van der Waals surface area (Å²) in [5, 5.41) is 2.94. The van der Waals surface area contributed by atoms with Crippen LogP contribution in [0.15, 0.2) is 71.6 Å². The van der Waals surface area contributed by atoms with E-state index in [1.165, 1.54) is 37.3 Å². The van der Waals surface area contributed by atoms with Crippen molar-refractivity contribution in [3.8, 4) is 11.5 Å². The standard InChI is InChI=1S/C33H43N3O6S/c1-8-29(33(38)34-20-23(2)3)35(21-26-11-9-10-25(5)18-26)32(37)22-36(30-19-27(41-6)14-17-31(30)42-7)43(39,40)28-15-12-24(4)13-16-28/h9-19,23,29H,8,20-22H2,1-7H3,(H,34,38).